The lowest BCUT2D eigenvalue weighted by atomic mass is 9.87. The molecule has 1 atom stereocenters. The molecule has 1 aromatic carbocycles. The first-order chi connectivity index (χ1) is 17.4. The van der Waals surface area contributed by atoms with Gasteiger partial charge in [0.05, 0.1) is 33.4 Å². The normalized spacial score (nSPS) is 11.8. The lowest BCUT2D eigenvalue weighted by Gasteiger charge is -2.22. The molecule has 0 radical (unpaired) electrons. The van der Waals surface area contributed by atoms with E-state index in [4.69, 9.17) is 18.6 Å². The summed E-state index contributed by atoms with van der Waals surface area (Å²) in [5.74, 6) is 0.114. The molecule has 188 valence electrons. The van der Waals surface area contributed by atoms with E-state index in [0.717, 1.165) is 0 Å². The van der Waals surface area contributed by atoms with Crippen LogP contribution < -0.4 is 25.2 Å². The Morgan fingerprint density at radius 1 is 1.11 bits per heavy atom. The quantitative estimate of drug-likeness (QED) is 0.359. The number of aryl methyl sites for hydroxylation is 1. The number of fused-ring (bicyclic) bond motifs is 1. The molecule has 3 aromatic heterocycles. The number of aromatic hydroxyl groups is 1. The van der Waals surface area contributed by atoms with Gasteiger partial charge in [-0.25, -0.2) is 4.79 Å². The largest absolute Gasteiger partial charge is 0.507 e. The van der Waals surface area contributed by atoms with Crippen LogP contribution in [0.3, 0.4) is 0 Å². The zero-order valence-corrected chi connectivity index (χ0v) is 20.3. The van der Waals surface area contributed by atoms with Gasteiger partial charge in [0.15, 0.2) is 23.0 Å². The molecule has 0 bridgehead atoms. The number of nitrogens with one attached hydrogen (secondary N) is 1. The van der Waals surface area contributed by atoms with Gasteiger partial charge in [-0.1, -0.05) is 12.1 Å². The van der Waals surface area contributed by atoms with Crippen molar-refractivity contribution in [1.29, 1.82) is 0 Å². The minimum atomic E-state index is -0.924. The summed E-state index contributed by atoms with van der Waals surface area (Å²) >= 11 is 0. The van der Waals surface area contributed by atoms with Crippen molar-refractivity contribution in [2.24, 2.45) is 0 Å². The smallest absolute Gasteiger partial charge is 0.343 e. The van der Waals surface area contributed by atoms with Gasteiger partial charge < -0.3 is 29.1 Å². The van der Waals surface area contributed by atoms with Crippen LogP contribution in [-0.4, -0.2) is 46.9 Å². The molecule has 0 aliphatic heterocycles. The third-order valence-electron chi connectivity index (χ3n) is 5.77. The highest BCUT2D eigenvalue weighted by molar-refractivity contribution is 5.78. The van der Waals surface area contributed by atoms with E-state index in [2.05, 4.69) is 15.5 Å². The molecule has 36 heavy (non-hydrogen) atoms. The molecule has 4 aromatic rings. The van der Waals surface area contributed by atoms with Crippen LogP contribution in [0.2, 0.25) is 0 Å². The van der Waals surface area contributed by atoms with E-state index in [9.17, 15) is 14.7 Å². The second-order valence-electron chi connectivity index (χ2n) is 7.95. The number of hydrogen-bond donors (Lipinski definition) is 2. The van der Waals surface area contributed by atoms with Gasteiger partial charge in [-0.3, -0.25) is 9.20 Å². The monoisotopic (exact) mass is 494 g/mol. The minimum absolute atomic E-state index is 0.0748. The minimum Gasteiger partial charge on any atom is -0.507 e. The molecule has 11 heteroatoms. The maximum absolute atomic E-state index is 13.1. The molecule has 2 N–H and O–H groups in total. The summed E-state index contributed by atoms with van der Waals surface area (Å²) in [5, 5.41) is 21.7. The first kappa shape index (κ1) is 24.6. The topological polar surface area (TPSA) is 137 Å². The molecule has 0 aliphatic rings. The van der Waals surface area contributed by atoms with E-state index in [1.807, 2.05) is 12.1 Å². The van der Waals surface area contributed by atoms with Crippen LogP contribution in [-0.2, 0) is 11.3 Å². The predicted octanol–water partition coefficient (Wildman–Crippen LogP) is 2.56. The second kappa shape index (κ2) is 10.4. The Labute approximate surface area is 206 Å². The fourth-order valence-corrected chi connectivity index (χ4v) is 4.14. The zero-order chi connectivity index (χ0) is 25.8. The Hall–Kier alpha value is -4.54. The Balaban J connectivity index is 1.72. The van der Waals surface area contributed by atoms with Crippen molar-refractivity contribution >= 4 is 11.6 Å². The number of hydrogen-bond acceptors (Lipinski definition) is 9. The first-order valence-corrected chi connectivity index (χ1v) is 11.1. The van der Waals surface area contributed by atoms with E-state index in [0.29, 0.717) is 22.8 Å². The summed E-state index contributed by atoms with van der Waals surface area (Å²) in [5.41, 5.74) is 0.251. The summed E-state index contributed by atoms with van der Waals surface area (Å²) in [6, 6.07) is 10.1. The van der Waals surface area contributed by atoms with Gasteiger partial charge in [0, 0.05) is 30.2 Å². The highest BCUT2D eigenvalue weighted by atomic mass is 16.5. The summed E-state index contributed by atoms with van der Waals surface area (Å²) in [7, 11) is 4.37. The van der Waals surface area contributed by atoms with Crippen LogP contribution in [0.4, 0.5) is 0 Å². The van der Waals surface area contributed by atoms with Gasteiger partial charge in [-0.15, -0.1) is 10.2 Å². The molecule has 11 nitrogen and oxygen atoms in total. The number of pyridine rings is 1. The number of carbonyl (C=O) groups excluding carboxylic acids is 1. The number of nitrogens with zero attached hydrogens (tertiary/aromatic N) is 3. The van der Waals surface area contributed by atoms with Crippen LogP contribution in [0, 0.1) is 6.92 Å². The third kappa shape index (κ3) is 4.67. The Morgan fingerprint density at radius 2 is 1.89 bits per heavy atom. The van der Waals surface area contributed by atoms with Crippen molar-refractivity contribution < 1.29 is 28.5 Å². The van der Waals surface area contributed by atoms with Gasteiger partial charge in [0.2, 0.25) is 11.7 Å². The van der Waals surface area contributed by atoms with Gasteiger partial charge in [0.25, 0.3) is 0 Å². The highest BCUT2D eigenvalue weighted by Crippen LogP contribution is 2.45. The number of ether oxygens (including phenoxy) is 3. The Kier molecular flexibility index (Phi) is 7.09. The molecule has 0 saturated heterocycles. The van der Waals surface area contributed by atoms with E-state index in [1.54, 1.807) is 35.7 Å². The van der Waals surface area contributed by atoms with Crippen molar-refractivity contribution in [1.82, 2.24) is 19.9 Å². The van der Waals surface area contributed by atoms with Crippen LogP contribution in [0.5, 0.6) is 23.0 Å². The molecule has 4 rings (SSSR count). The molecule has 0 spiro atoms. The van der Waals surface area contributed by atoms with Crippen molar-refractivity contribution in [2.75, 3.05) is 21.3 Å². The number of amides is 1. The van der Waals surface area contributed by atoms with E-state index < -0.39 is 17.5 Å². The van der Waals surface area contributed by atoms with Crippen molar-refractivity contribution in [3.8, 4) is 23.0 Å². The van der Waals surface area contributed by atoms with Gasteiger partial charge in [-0.2, -0.15) is 0 Å². The molecule has 0 aliphatic carbocycles. The lowest BCUT2D eigenvalue weighted by molar-refractivity contribution is -0.121. The van der Waals surface area contributed by atoms with Gasteiger partial charge in [0.1, 0.15) is 11.5 Å². The van der Waals surface area contributed by atoms with Crippen molar-refractivity contribution in [3.05, 3.63) is 75.7 Å². The Bertz CT molecular complexity index is 1460. The van der Waals surface area contributed by atoms with Crippen LogP contribution >= 0.6 is 0 Å². The fraction of sp³-hybridized carbons (Fsp3) is 0.280. The standard InChI is InChI=1S/C25H26N4O7/c1-14-11-17(30)22(25(32)36-14)16(15-8-9-18(33-2)24(35-4)23(15)34-3)12-21(31)26-13-20-28-27-19-7-5-6-10-29(19)20/h5-11,16,30H,12-13H2,1-4H3,(H,26,31)/t16-/m1/s1. The molecule has 0 fully saturated rings. The maximum atomic E-state index is 13.1. The number of methoxy groups -OCH3 is 3. The third-order valence-corrected chi connectivity index (χ3v) is 5.77. The molecular formula is C25H26N4O7. The molecule has 0 saturated carbocycles. The summed E-state index contributed by atoms with van der Waals surface area (Å²) in [4.78, 5) is 26.0. The lowest BCUT2D eigenvalue weighted by Crippen LogP contribution is -2.27. The maximum Gasteiger partial charge on any atom is 0.343 e. The summed E-state index contributed by atoms with van der Waals surface area (Å²) < 4.78 is 23.4. The van der Waals surface area contributed by atoms with Crippen LogP contribution in [0.25, 0.3) is 5.65 Å². The van der Waals surface area contributed by atoms with E-state index in [1.165, 1.54) is 27.4 Å². The SMILES string of the molecule is COc1ccc([C@@H](CC(=O)NCc2nnc3ccccn23)c2c(O)cc(C)oc2=O)c(OC)c1OC. The van der Waals surface area contributed by atoms with Crippen LogP contribution in [0.15, 0.2) is 51.8 Å². The van der Waals surface area contributed by atoms with Gasteiger partial charge in [-0.05, 0) is 25.1 Å². The molecule has 1 amide bonds. The number of aromatic nitrogens is 3. The van der Waals surface area contributed by atoms with E-state index >= 15 is 0 Å². The van der Waals surface area contributed by atoms with Gasteiger partial charge >= 0.3 is 5.63 Å². The highest BCUT2D eigenvalue weighted by Gasteiger charge is 2.30. The average molecular weight is 495 g/mol. The fourth-order valence-electron chi connectivity index (χ4n) is 4.14. The molecular weight excluding hydrogens is 468 g/mol. The summed E-state index contributed by atoms with van der Waals surface area (Å²) in [6.45, 7) is 1.65. The number of benzene rings is 1. The Morgan fingerprint density at radius 3 is 2.58 bits per heavy atom. The zero-order valence-electron chi connectivity index (χ0n) is 20.3. The molecule has 0 unspecified atom stereocenters. The second-order valence-corrected chi connectivity index (χ2v) is 7.95. The predicted molar refractivity (Wildman–Crippen MR) is 129 cm³/mol. The van der Waals surface area contributed by atoms with Crippen molar-refractivity contribution in [3.63, 3.8) is 0 Å². The average Bonchev–Trinajstić information content (AvgIpc) is 3.28. The number of rotatable bonds is 9. The van der Waals surface area contributed by atoms with Crippen LogP contribution in [0.1, 0.15) is 35.1 Å². The number of carbonyl (C=O) groups is 1. The van der Waals surface area contributed by atoms with E-state index in [-0.39, 0.29) is 41.5 Å². The molecule has 3 heterocycles. The first-order valence-electron chi connectivity index (χ1n) is 11.1. The summed E-state index contributed by atoms with van der Waals surface area (Å²) in [6.07, 6.45) is 1.59. The van der Waals surface area contributed by atoms with Crippen molar-refractivity contribution in [2.45, 2.75) is 25.8 Å².